The molecule has 0 saturated carbocycles. The molecule has 158 valence electrons. The van der Waals surface area contributed by atoms with Crippen molar-refractivity contribution in [1.82, 2.24) is 0 Å². The van der Waals surface area contributed by atoms with Crippen molar-refractivity contribution < 1.29 is 9.47 Å². The highest BCUT2D eigenvalue weighted by molar-refractivity contribution is 4.85. The van der Waals surface area contributed by atoms with Crippen LogP contribution in [-0.2, 0) is 9.47 Å². The average Bonchev–Trinajstić information content (AvgIpc) is 2.71. The fourth-order valence-corrected chi connectivity index (χ4v) is 1.20. The van der Waals surface area contributed by atoms with Gasteiger partial charge in [-0.3, -0.25) is 0 Å². The minimum atomic E-state index is 0.452. The number of allylic oxidation sites excluding steroid dienone is 1. The monoisotopic (exact) mass is 390 g/mol. The van der Waals surface area contributed by atoms with Crippen LogP contribution in [0, 0.1) is 26.3 Å². The SMILES string of the molecule is [C-]#[N+]/C=C/C.[C-]#[N+]CCC.[C-]#[N+]CCCCC.[C-]#[N+]CCOCCOCCC. The molecule has 0 atom stereocenters. The van der Waals surface area contributed by atoms with Gasteiger partial charge in [0.2, 0.25) is 19.6 Å². The molecule has 0 N–H and O–H groups in total. The second kappa shape index (κ2) is 44.2. The second-order valence-electron chi connectivity index (χ2n) is 5.19. The van der Waals surface area contributed by atoms with E-state index in [1.807, 2.05) is 13.8 Å². The van der Waals surface area contributed by atoms with E-state index in [-0.39, 0.29) is 0 Å². The Morgan fingerprint density at radius 2 is 1.21 bits per heavy atom. The van der Waals surface area contributed by atoms with Crippen LogP contribution in [0.1, 0.15) is 59.8 Å². The van der Waals surface area contributed by atoms with Crippen molar-refractivity contribution >= 4 is 0 Å². The first-order valence-electron chi connectivity index (χ1n) is 9.79. The molecular formula is C22H38N4O2. The van der Waals surface area contributed by atoms with Gasteiger partial charge in [-0.2, -0.15) is 0 Å². The van der Waals surface area contributed by atoms with Crippen LogP contribution >= 0.6 is 0 Å². The van der Waals surface area contributed by atoms with Crippen molar-refractivity contribution in [3.8, 4) is 0 Å². The minimum absolute atomic E-state index is 0.452. The molecular weight excluding hydrogens is 352 g/mol. The maximum Gasteiger partial charge on any atom is 0.237 e. The topological polar surface area (TPSA) is 35.9 Å². The number of ether oxygens (including phenoxy) is 2. The van der Waals surface area contributed by atoms with Crippen LogP contribution in [-0.4, -0.2) is 46.1 Å². The van der Waals surface area contributed by atoms with Gasteiger partial charge in [0.1, 0.15) is 12.8 Å². The van der Waals surface area contributed by atoms with E-state index in [1.54, 1.807) is 6.08 Å². The van der Waals surface area contributed by atoms with Crippen LogP contribution in [0.25, 0.3) is 19.4 Å². The van der Waals surface area contributed by atoms with E-state index in [0.717, 1.165) is 25.9 Å². The number of nitrogens with zero attached hydrogens (tertiary/aromatic N) is 4. The molecule has 28 heavy (non-hydrogen) atoms. The van der Waals surface area contributed by atoms with Gasteiger partial charge < -0.3 is 24.0 Å². The molecule has 0 unspecified atom stereocenters. The standard InChI is InChI=1S/C8H15NO2.C6H11N.C4H7N.C4H5N/c1-3-5-10-7-8-11-6-4-9-2;1-3-4-5-6-7-2;2*1-3-4-5-2/h3-8H2,1H3;3-6H2,1H3;3-4H2,1H3;3-4H,1H3/b;;;4-3+. The van der Waals surface area contributed by atoms with Crippen LogP contribution < -0.4 is 0 Å². The first-order chi connectivity index (χ1) is 13.7. The van der Waals surface area contributed by atoms with Gasteiger partial charge in [0.15, 0.2) is 0 Å². The molecule has 0 aromatic heterocycles. The van der Waals surface area contributed by atoms with E-state index in [4.69, 9.17) is 35.8 Å². The quantitative estimate of drug-likeness (QED) is 0.311. The third kappa shape index (κ3) is 65.1. The maximum atomic E-state index is 6.46. The first kappa shape index (κ1) is 33.2. The first-order valence-corrected chi connectivity index (χ1v) is 9.79. The molecule has 0 amide bonds. The summed E-state index contributed by atoms with van der Waals surface area (Å²) in [5, 5.41) is 0. The summed E-state index contributed by atoms with van der Waals surface area (Å²) in [6, 6.07) is 0. The summed E-state index contributed by atoms with van der Waals surface area (Å²) in [5.41, 5.74) is 0. The lowest BCUT2D eigenvalue weighted by Gasteiger charge is -2.01. The number of unbranched alkanes of at least 4 members (excludes halogenated alkanes) is 2. The van der Waals surface area contributed by atoms with E-state index in [9.17, 15) is 0 Å². The van der Waals surface area contributed by atoms with Crippen LogP contribution in [0.3, 0.4) is 0 Å². The van der Waals surface area contributed by atoms with Gasteiger partial charge in [-0.15, -0.1) is 0 Å². The number of rotatable bonds is 11. The molecule has 0 aliphatic carbocycles. The minimum Gasteiger partial charge on any atom is -0.379 e. The molecule has 0 bridgehead atoms. The van der Waals surface area contributed by atoms with Gasteiger partial charge in [-0.25, -0.2) is 24.6 Å². The van der Waals surface area contributed by atoms with Crippen LogP contribution in [0.2, 0.25) is 0 Å². The average molecular weight is 391 g/mol. The van der Waals surface area contributed by atoms with Crippen molar-refractivity contribution in [3.05, 3.63) is 57.9 Å². The predicted octanol–water partition coefficient (Wildman–Crippen LogP) is 6.20. The molecule has 0 rings (SSSR count). The Balaban J connectivity index is -0.000000147. The van der Waals surface area contributed by atoms with Crippen LogP contribution in [0.4, 0.5) is 0 Å². The van der Waals surface area contributed by atoms with E-state index in [1.165, 1.54) is 19.0 Å². The highest BCUT2D eigenvalue weighted by Gasteiger charge is 1.89. The Bertz CT molecular complexity index is 451. The molecule has 0 heterocycles. The molecule has 0 aromatic carbocycles. The summed E-state index contributed by atoms with van der Waals surface area (Å²) in [6.07, 6.45) is 8.66. The third-order valence-corrected chi connectivity index (χ3v) is 2.50. The summed E-state index contributed by atoms with van der Waals surface area (Å²) >= 11 is 0. The van der Waals surface area contributed by atoms with Gasteiger partial charge in [0.05, 0.1) is 19.8 Å². The zero-order valence-electron chi connectivity index (χ0n) is 18.2. The van der Waals surface area contributed by atoms with Gasteiger partial charge in [-0.1, -0.05) is 40.2 Å². The highest BCUT2D eigenvalue weighted by atomic mass is 16.5. The van der Waals surface area contributed by atoms with Crippen molar-refractivity contribution in [3.63, 3.8) is 0 Å². The molecule has 0 fully saturated rings. The Morgan fingerprint density at radius 3 is 1.54 bits per heavy atom. The molecule has 0 aliphatic rings. The summed E-state index contributed by atoms with van der Waals surface area (Å²) in [5.74, 6) is 0. The largest absolute Gasteiger partial charge is 0.379 e. The normalized spacial score (nSPS) is 8.29. The molecule has 6 nitrogen and oxygen atoms in total. The van der Waals surface area contributed by atoms with E-state index < -0.39 is 0 Å². The highest BCUT2D eigenvalue weighted by Crippen LogP contribution is 1.92. The molecule has 6 heteroatoms. The summed E-state index contributed by atoms with van der Waals surface area (Å²) in [6.45, 7) is 37.7. The Kier molecular flexibility index (Phi) is 52.5. The van der Waals surface area contributed by atoms with Gasteiger partial charge in [0.25, 0.3) is 0 Å². The Morgan fingerprint density at radius 1 is 0.643 bits per heavy atom. The van der Waals surface area contributed by atoms with Crippen molar-refractivity contribution in [2.24, 2.45) is 0 Å². The predicted molar refractivity (Wildman–Crippen MR) is 118 cm³/mol. The lowest BCUT2D eigenvalue weighted by molar-refractivity contribution is 0.0525. The molecule has 0 aromatic rings. The van der Waals surface area contributed by atoms with Gasteiger partial charge >= 0.3 is 0 Å². The third-order valence-electron chi connectivity index (χ3n) is 2.50. The van der Waals surface area contributed by atoms with E-state index >= 15 is 0 Å². The number of hydrogen-bond acceptors (Lipinski definition) is 2. The summed E-state index contributed by atoms with van der Waals surface area (Å²) < 4.78 is 10.2. The summed E-state index contributed by atoms with van der Waals surface area (Å²) in [7, 11) is 0. The molecule has 0 saturated heterocycles. The van der Waals surface area contributed by atoms with Crippen molar-refractivity contribution in [1.29, 1.82) is 0 Å². The number of hydrogen-bond donors (Lipinski definition) is 0. The van der Waals surface area contributed by atoms with E-state index in [2.05, 4.69) is 33.2 Å². The van der Waals surface area contributed by atoms with Gasteiger partial charge in [0, 0.05) is 19.4 Å². The molecule has 0 spiro atoms. The van der Waals surface area contributed by atoms with Gasteiger partial charge in [-0.05, 0) is 12.8 Å². The smallest absolute Gasteiger partial charge is 0.237 e. The van der Waals surface area contributed by atoms with E-state index in [0.29, 0.717) is 39.5 Å². The lowest BCUT2D eigenvalue weighted by atomic mass is 10.3. The maximum absolute atomic E-state index is 6.46. The van der Waals surface area contributed by atoms with Crippen molar-refractivity contribution in [2.75, 3.05) is 46.1 Å². The van der Waals surface area contributed by atoms with Crippen LogP contribution in [0.5, 0.6) is 0 Å². The molecule has 0 radical (unpaired) electrons. The summed E-state index contributed by atoms with van der Waals surface area (Å²) in [4.78, 5) is 12.4. The Labute approximate surface area is 173 Å². The second-order valence-corrected chi connectivity index (χ2v) is 5.19. The van der Waals surface area contributed by atoms with Crippen molar-refractivity contribution in [2.45, 2.75) is 59.8 Å². The zero-order chi connectivity index (χ0) is 22.1. The fourth-order valence-electron chi connectivity index (χ4n) is 1.20. The van der Waals surface area contributed by atoms with Crippen LogP contribution in [0.15, 0.2) is 12.3 Å². The molecule has 0 aliphatic heterocycles. The Hall–Kier alpha value is -2.38. The lowest BCUT2D eigenvalue weighted by Crippen LogP contribution is -2.06. The zero-order valence-corrected chi connectivity index (χ0v) is 18.2. The fraction of sp³-hybridized carbons (Fsp3) is 0.727.